The van der Waals surface area contributed by atoms with E-state index in [0.717, 1.165) is 24.5 Å². The van der Waals surface area contributed by atoms with Crippen molar-refractivity contribution >= 4 is 16.0 Å². The van der Waals surface area contributed by atoms with Crippen molar-refractivity contribution in [3.8, 4) is 0 Å². The Kier molecular flexibility index (Phi) is 3.82. The van der Waals surface area contributed by atoms with Gasteiger partial charge in [-0.15, -0.1) is 0 Å². The average Bonchev–Trinajstić information content (AvgIpc) is 2.28. The van der Waals surface area contributed by atoms with Gasteiger partial charge in [0, 0.05) is 11.4 Å². The summed E-state index contributed by atoms with van der Waals surface area (Å²) in [4.78, 5) is 8.19. The van der Waals surface area contributed by atoms with Gasteiger partial charge >= 0.3 is 0 Å². The fourth-order valence-electron chi connectivity index (χ4n) is 2.09. The predicted octanol–water partition coefficient (Wildman–Crippen LogP) is 0.587. The molecule has 0 aromatic carbocycles. The maximum absolute atomic E-state index is 12.2. The normalized spacial score (nSPS) is 17.7. The van der Waals surface area contributed by atoms with Crippen molar-refractivity contribution in [2.24, 2.45) is 0 Å². The quantitative estimate of drug-likeness (QED) is 0.839. The highest BCUT2D eigenvalue weighted by Gasteiger charge is 2.27. The standard InChI is InChI=1S/C11H18N4O2S/c1-8-7-9(2)14-11(13-8)15-18(16,17)10-3-5-12-6-4-10/h7,10,12H,3-6H2,1-2H3,(H,13,14,15). The van der Waals surface area contributed by atoms with Crippen molar-refractivity contribution in [3.63, 3.8) is 0 Å². The molecule has 2 N–H and O–H groups in total. The highest BCUT2D eigenvalue weighted by molar-refractivity contribution is 7.93. The Labute approximate surface area is 107 Å². The summed E-state index contributed by atoms with van der Waals surface area (Å²) < 4.78 is 26.8. The fraction of sp³-hybridized carbons (Fsp3) is 0.636. The zero-order valence-corrected chi connectivity index (χ0v) is 11.4. The van der Waals surface area contributed by atoms with Crippen LogP contribution in [-0.4, -0.2) is 36.7 Å². The number of hydrogen-bond donors (Lipinski definition) is 2. The van der Waals surface area contributed by atoms with Crippen LogP contribution < -0.4 is 10.0 Å². The number of aromatic nitrogens is 2. The van der Waals surface area contributed by atoms with Crippen LogP contribution in [0.1, 0.15) is 24.2 Å². The summed E-state index contributed by atoms with van der Waals surface area (Å²) >= 11 is 0. The van der Waals surface area contributed by atoms with Crippen molar-refractivity contribution in [1.82, 2.24) is 15.3 Å². The van der Waals surface area contributed by atoms with Gasteiger partial charge in [0.25, 0.3) is 0 Å². The van der Waals surface area contributed by atoms with Crippen molar-refractivity contribution in [3.05, 3.63) is 17.5 Å². The molecule has 1 aromatic rings. The maximum Gasteiger partial charge on any atom is 0.238 e. The van der Waals surface area contributed by atoms with E-state index in [-0.39, 0.29) is 11.2 Å². The van der Waals surface area contributed by atoms with Crippen LogP contribution in [0.4, 0.5) is 5.95 Å². The Bertz CT molecular complexity index is 504. The minimum absolute atomic E-state index is 0.172. The lowest BCUT2D eigenvalue weighted by Crippen LogP contribution is -2.38. The second-order valence-corrected chi connectivity index (χ2v) is 6.53. The van der Waals surface area contributed by atoms with Gasteiger partial charge in [0.05, 0.1) is 5.25 Å². The molecule has 0 radical (unpaired) electrons. The van der Waals surface area contributed by atoms with Crippen LogP contribution in [0.2, 0.25) is 0 Å². The molecule has 7 heteroatoms. The van der Waals surface area contributed by atoms with Crippen LogP contribution in [0.15, 0.2) is 6.07 Å². The van der Waals surface area contributed by atoms with E-state index in [1.54, 1.807) is 0 Å². The first-order valence-corrected chi connectivity index (χ1v) is 7.56. The molecule has 1 fully saturated rings. The smallest absolute Gasteiger partial charge is 0.238 e. The molecule has 1 aromatic heterocycles. The first-order chi connectivity index (χ1) is 8.47. The Morgan fingerprint density at radius 1 is 1.22 bits per heavy atom. The summed E-state index contributed by atoms with van der Waals surface area (Å²) in [6, 6.07) is 1.81. The molecule has 0 aliphatic carbocycles. The monoisotopic (exact) mass is 270 g/mol. The number of nitrogens with one attached hydrogen (secondary N) is 2. The Balaban J connectivity index is 2.16. The summed E-state index contributed by atoms with van der Waals surface area (Å²) in [5.74, 6) is 0.172. The van der Waals surface area contributed by atoms with Gasteiger partial charge in [0.1, 0.15) is 0 Å². The Morgan fingerprint density at radius 2 is 1.78 bits per heavy atom. The van der Waals surface area contributed by atoms with Gasteiger partial charge in [-0.2, -0.15) is 0 Å². The van der Waals surface area contributed by atoms with E-state index in [4.69, 9.17) is 0 Å². The van der Waals surface area contributed by atoms with E-state index in [9.17, 15) is 8.42 Å². The molecule has 0 spiro atoms. The first kappa shape index (κ1) is 13.2. The molecule has 1 saturated heterocycles. The minimum Gasteiger partial charge on any atom is -0.317 e. The summed E-state index contributed by atoms with van der Waals surface area (Å²) in [6.45, 7) is 5.10. The van der Waals surface area contributed by atoms with Gasteiger partial charge in [-0.1, -0.05) is 0 Å². The molecule has 0 amide bonds. The lowest BCUT2D eigenvalue weighted by atomic mass is 10.2. The van der Waals surface area contributed by atoms with Crippen LogP contribution in [0.5, 0.6) is 0 Å². The van der Waals surface area contributed by atoms with Gasteiger partial charge in [-0.05, 0) is 45.8 Å². The molecule has 1 aliphatic heterocycles. The molecule has 18 heavy (non-hydrogen) atoms. The van der Waals surface area contributed by atoms with Gasteiger partial charge in [-0.3, -0.25) is 4.72 Å². The summed E-state index contributed by atoms with van der Waals surface area (Å²) in [6.07, 6.45) is 1.25. The highest BCUT2D eigenvalue weighted by atomic mass is 32.2. The van der Waals surface area contributed by atoms with Crippen LogP contribution in [0.25, 0.3) is 0 Å². The molecule has 0 atom stereocenters. The van der Waals surface area contributed by atoms with Crippen molar-refractivity contribution in [2.45, 2.75) is 31.9 Å². The molecule has 0 unspecified atom stereocenters. The van der Waals surface area contributed by atoms with Crippen LogP contribution in [-0.2, 0) is 10.0 Å². The lowest BCUT2D eigenvalue weighted by Gasteiger charge is -2.22. The molecule has 2 heterocycles. The molecule has 2 rings (SSSR count). The number of aryl methyl sites for hydroxylation is 2. The molecule has 1 aliphatic rings. The lowest BCUT2D eigenvalue weighted by molar-refractivity contribution is 0.498. The molecular formula is C11H18N4O2S. The second-order valence-electron chi connectivity index (χ2n) is 4.57. The molecule has 0 bridgehead atoms. The van der Waals surface area contributed by atoms with E-state index in [1.165, 1.54) is 0 Å². The molecular weight excluding hydrogens is 252 g/mol. The topological polar surface area (TPSA) is 84.0 Å². The van der Waals surface area contributed by atoms with Crippen molar-refractivity contribution in [1.29, 1.82) is 0 Å². The second kappa shape index (κ2) is 5.19. The summed E-state index contributed by atoms with van der Waals surface area (Å²) in [7, 11) is -3.38. The van der Waals surface area contributed by atoms with Gasteiger partial charge in [0.2, 0.25) is 16.0 Å². The van der Waals surface area contributed by atoms with E-state index in [2.05, 4.69) is 20.0 Å². The zero-order chi connectivity index (χ0) is 13.2. The van der Waals surface area contributed by atoms with Gasteiger partial charge in [-0.25, -0.2) is 18.4 Å². The fourth-order valence-corrected chi connectivity index (χ4v) is 3.46. The van der Waals surface area contributed by atoms with Crippen LogP contribution in [0, 0.1) is 13.8 Å². The number of sulfonamides is 1. The SMILES string of the molecule is Cc1cc(C)nc(NS(=O)(=O)C2CCNCC2)n1. The zero-order valence-electron chi connectivity index (χ0n) is 10.6. The highest BCUT2D eigenvalue weighted by Crippen LogP contribution is 2.15. The van der Waals surface area contributed by atoms with Crippen LogP contribution >= 0.6 is 0 Å². The molecule has 0 saturated carbocycles. The van der Waals surface area contributed by atoms with Gasteiger partial charge in [0.15, 0.2) is 0 Å². The van der Waals surface area contributed by atoms with Crippen molar-refractivity contribution < 1.29 is 8.42 Å². The summed E-state index contributed by atoms with van der Waals surface area (Å²) in [5.41, 5.74) is 1.51. The van der Waals surface area contributed by atoms with Crippen LogP contribution in [0.3, 0.4) is 0 Å². The largest absolute Gasteiger partial charge is 0.317 e. The minimum atomic E-state index is -3.38. The Hall–Kier alpha value is -1.21. The van der Waals surface area contributed by atoms with E-state index in [0.29, 0.717) is 12.8 Å². The third-order valence-electron chi connectivity index (χ3n) is 2.94. The number of anilines is 1. The first-order valence-electron chi connectivity index (χ1n) is 6.02. The maximum atomic E-state index is 12.2. The predicted molar refractivity (Wildman–Crippen MR) is 69.9 cm³/mol. The molecule has 100 valence electrons. The van der Waals surface area contributed by atoms with Crippen molar-refractivity contribution in [2.75, 3.05) is 17.8 Å². The Morgan fingerprint density at radius 3 is 2.33 bits per heavy atom. The third-order valence-corrected chi connectivity index (χ3v) is 4.76. The average molecular weight is 270 g/mol. The van der Waals surface area contributed by atoms with E-state index >= 15 is 0 Å². The number of rotatable bonds is 3. The van der Waals surface area contributed by atoms with Gasteiger partial charge < -0.3 is 5.32 Å². The molecule has 6 nitrogen and oxygen atoms in total. The van der Waals surface area contributed by atoms with E-state index < -0.39 is 10.0 Å². The summed E-state index contributed by atoms with van der Waals surface area (Å²) in [5, 5.41) is 2.79. The number of piperidine rings is 1. The number of hydrogen-bond acceptors (Lipinski definition) is 5. The third kappa shape index (κ3) is 3.17. The number of nitrogens with zero attached hydrogens (tertiary/aromatic N) is 2. The van der Waals surface area contributed by atoms with E-state index in [1.807, 2.05) is 19.9 Å².